The van der Waals surface area contributed by atoms with E-state index in [1.165, 1.54) is 0 Å². The number of hydrogen-bond donors (Lipinski definition) is 1. The van der Waals surface area contributed by atoms with Gasteiger partial charge in [-0.3, -0.25) is 14.4 Å². The van der Waals surface area contributed by atoms with Crippen LogP contribution in [-0.4, -0.2) is 30.9 Å². The van der Waals surface area contributed by atoms with Gasteiger partial charge in [0, 0.05) is 18.7 Å². The number of rotatable bonds is 8. The number of amides is 2. The molecule has 0 aromatic heterocycles. The second-order valence-corrected chi connectivity index (χ2v) is 7.84. The summed E-state index contributed by atoms with van der Waals surface area (Å²) >= 11 is 0. The smallest absolute Gasteiger partial charge is 0.311 e. The van der Waals surface area contributed by atoms with Gasteiger partial charge in [0.25, 0.3) is 5.91 Å². The van der Waals surface area contributed by atoms with Gasteiger partial charge in [-0.2, -0.15) is 0 Å². The minimum Gasteiger partial charge on any atom is -0.455 e. The molecule has 31 heavy (non-hydrogen) atoms. The highest BCUT2D eigenvalue weighted by atomic mass is 16.5. The van der Waals surface area contributed by atoms with Crippen LogP contribution in [0.1, 0.15) is 49.9 Å². The zero-order valence-electron chi connectivity index (χ0n) is 18.4. The van der Waals surface area contributed by atoms with Crippen molar-refractivity contribution in [2.45, 2.75) is 46.1 Å². The van der Waals surface area contributed by atoms with Crippen LogP contribution in [0.25, 0.3) is 0 Å². The van der Waals surface area contributed by atoms with Crippen molar-refractivity contribution in [3.63, 3.8) is 0 Å². The molecular weight excluding hydrogens is 392 g/mol. The standard InChI is InChI=1S/C25H30N2O4/c1-4-18-12-9-13-19(5-2)24(18)27-15-21(14-23(27)29)25(30)31-16-22(28)26-17(3)20-10-7-6-8-11-20/h6-13,17,21H,4-5,14-16H2,1-3H3,(H,26,28)/t17-,21+/m1/s1. The third-order valence-electron chi connectivity index (χ3n) is 5.72. The summed E-state index contributed by atoms with van der Waals surface area (Å²) in [7, 11) is 0. The minimum absolute atomic E-state index is 0.0836. The number of ether oxygens (including phenoxy) is 1. The zero-order valence-corrected chi connectivity index (χ0v) is 18.4. The topological polar surface area (TPSA) is 75.7 Å². The molecule has 1 fully saturated rings. The van der Waals surface area contributed by atoms with E-state index in [0.717, 1.165) is 35.2 Å². The van der Waals surface area contributed by atoms with Crippen LogP contribution in [0.5, 0.6) is 0 Å². The number of hydrogen-bond acceptors (Lipinski definition) is 4. The normalized spacial score (nSPS) is 16.8. The van der Waals surface area contributed by atoms with Crippen LogP contribution in [-0.2, 0) is 32.0 Å². The van der Waals surface area contributed by atoms with E-state index in [1.54, 1.807) is 4.90 Å². The van der Waals surface area contributed by atoms with Gasteiger partial charge in [-0.05, 0) is 36.5 Å². The molecule has 2 aromatic rings. The van der Waals surface area contributed by atoms with Crippen molar-refractivity contribution in [1.29, 1.82) is 0 Å². The second kappa shape index (κ2) is 10.2. The summed E-state index contributed by atoms with van der Waals surface area (Å²) in [4.78, 5) is 39.2. The van der Waals surface area contributed by atoms with Gasteiger partial charge in [-0.1, -0.05) is 62.4 Å². The van der Waals surface area contributed by atoms with E-state index in [4.69, 9.17) is 4.74 Å². The lowest BCUT2D eigenvalue weighted by Gasteiger charge is -2.23. The Hall–Kier alpha value is -3.15. The first-order chi connectivity index (χ1) is 14.9. The van der Waals surface area contributed by atoms with Gasteiger partial charge in [0.2, 0.25) is 5.91 Å². The van der Waals surface area contributed by atoms with Gasteiger partial charge in [-0.15, -0.1) is 0 Å². The molecule has 1 saturated heterocycles. The molecule has 0 bridgehead atoms. The number of carbonyl (C=O) groups is 3. The summed E-state index contributed by atoms with van der Waals surface area (Å²) in [6, 6.07) is 15.4. The largest absolute Gasteiger partial charge is 0.455 e. The molecular formula is C25H30N2O4. The van der Waals surface area contributed by atoms with Crippen LogP contribution in [0.3, 0.4) is 0 Å². The Morgan fingerprint density at radius 1 is 1.06 bits per heavy atom. The molecule has 0 unspecified atom stereocenters. The van der Waals surface area contributed by atoms with Crippen LogP contribution >= 0.6 is 0 Å². The van der Waals surface area contributed by atoms with E-state index in [2.05, 4.69) is 19.2 Å². The van der Waals surface area contributed by atoms with Gasteiger partial charge >= 0.3 is 5.97 Å². The number of nitrogens with zero attached hydrogens (tertiary/aromatic N) is 1. The highest BCUT2D eigenvalue weighted by molar-refractivity contribution is 6.00. The molecule has 164 valence electrons. The molecule has 2 amide bonds. The number of carbonyl (C=O) groups excluding carboxylic acids is 3. The van der Waals surface area contributed by atoms with E-state index in [9.17, 15) is 14.4 Å². The number of aryl methyl sites for hydroxylation is 2. The molecule has 0 spiro atoms. The van der Waals surface area contributed by atoms with Crippen LogP contribution in [0.15, 0.2) is 48.5 Å². The first-order valence-electron chi connectivity index (χ1n) is 10.9. The monoisotopic (exact) mass is 422 g/mol. The summed E-state index contributed by atoms with van der Waals surface area (Å²) < 4.78 is 5.24. The molecule has 0 radical (unpaired) electrons. The van der Waals surface area contributed by atoms with Crippen molar-refractivity contribution in [3.8, 4) is 0 Å². The first-order valence-corrected chi connectivity index (χ1v) is 10.9. The number of para-hydroxylation sites is 1. The Labute approximate surface area is 183 Å². The fourth-order valence-electron chi connectivity index (χ4n) is 4.01. The molecule has 2 atom stereocenters. The molecule has 6 heteroatoms. The molecule has 1 N–H and O–H groups in total. The molecule has 1 aliphatic heterocycles. The van der Waals surface area contributed by atoms with E-state index in [0.29, 0.717) is 0 Å². The summed E-state index contributed by atoms with van der Waals surface area (Å²) in [5.41, 5.74) is 4.08. The predicted molar refractivity (Wildman–Crippen MR) is 120 cm³/mol. The number of anilines is 1. The van der Waals surface area contributed by atoms with Crippen molar-refractivity contribution in [3.05, 3.63) is 65.2 Å². The minimum atomic E-state index is -0.568. The molecule has 2 aromatic carbocycles. The quantitative estimate of drug-likeness (QED) is 0.660. The van der Waals surface area contributed by atoms with Gasteiger partial charge in [0.1, 0.15) is 0 Å². The maximum Gasteiger partial charge on any atom is 0.311 e. The lowest BCUT2D eigenvalue weighted by atomic mass is 10.0. The number of nitrogens with one attached hydrogen (secondary N) is 1. The second-order valence-electron chi connectivity index (χ2n) is 7.84. The lowest BCUT2D eigenvalue weighted by molar-refractivity contribution is -0.152. The van der Waals surface area contributed by atoms with E-state index < -0.39 is 11.9 Å². The lowest BCUT2D eigenvalue weighted by Crippen LogP contribution is -2.33. The highest BCUT2D eigenvalue weighted by Gasteiger charge is 2.37. The average Bonchev–Trinajstić information content (AvgIpc) is 3.18. The van der Waals surface area contributed by atoms with Crippen molar-refractivity contribution in [2.24, 2.45) is 5.92 Å². The van der Waals surface area contributed by atoms with Crippen LogP contribution in [0.4, 0.5) is 5.69 Å². The van der Waals surface area contributed by atoms with E-state index in [1.807, 2.05) is 55.5 Å². The fraction of sp³-hybridized carbons (Fsp3) is 0.400. The fourth-order valence-corrected chi connectivity index (χ4v) is 4.01. The van der Waals surface area contributed by atoms with E-state index >= 15 is 0 Å². The Bertz CT molecular complexity index is 920. The predicted octanol–water partition coefficient (Wildman–Crippen LogP) is 3.58. The van der Waals surface area contributed by atoms with Crippen molar-refractivity contribution in [2.75, 3.05) is 18.1 Å². The Morgan fingerprint density at radius 3 is 2.32 bits per heavy atom. The number of esters is 1. The summed E-state index contributed by atoms with van der Waals surface area (Å²) in [6.45, 7) is 5.91. The van der Waals surface area contributed by atoms with Gasteiger partial charge in [-0.25, -0.2) is 0 Å². The molecule has 3 rings (SSSR count). The molecule has 6 nitrogen and oxygen atoms in total. The Morgan fingerprint density at radius 2 is 1.71 bits per heavy atom. The van der Waals surface area contributed by atoms with E-state index in [-0.39, 0.29) is 37.4 Å². The Balaban J connectivity index is 1.58. The van der Waals surface area contributed by atoms with Crippen LogP contribution in [0, 0.1) is 5.92 Å². The molecule has 0 aliphatic carbocycles. The van der Waals surface area contributed by atoms with Crippen LogP contribution in [0.2, 0.25) is 0 Å². The summed E-state index contributed by atoms with van der Waals surface area (Å²) in [5, 5.41) is 2.82. The third-order valence-corrected chi connectivity index (χ3v) is 5.72. The first kappa shape index (κ1) is 22.5. The SMILES string of the molecule is CCc1cccc(CC)c1N1C[C@@H](C(=O)OCC(=O)N[C@H](C)c2ccccc2)CC1=O. The zero-order chi connectivity index (χ0) is 22.4. The summed E-state index contributed by atoms with van der Waals surface area (Å²) in [6.07, 6.45) is 1.71. The number of benzene rings is 2. The molecule has 0 saturated carbocycles. The average molecular weight is 423 g/mol. The highest BCUT2D eigenvalue weighted by Crippen LogP contribution is 2.32. The van der Waals surface area contributed by atoms with Gasteiger partial charge < -0.3 is 15.0 Å². The van der Waals surface area contributed by atoms with Crippen molar-refractivity contribution in [1.82, 2.24) is 5.32 Å². The molecule has 1 heterocycles. The molecule has 1 aliphatic rings. The van der Waals surface area contributed by atoms with Crippen molar-refractivity contribution < 1.29 is 19.1 Å². The maximum absolute atomic E-state index is 12.7. The van der Waals surface area contributed by atoms with Crippen LogP contribution < -0.4 is 10.2 Å². The summed E-state index contributed by atoms with van der Waals surface area (Å²) in [5.74, 6) is -1.53. The van der Waals surface area contributed by atoms with Gasteiger partial charge in [0.15, 0.2) is 6.61 Å². The Kier molecular flexibility index (Phi) is 7.45. The third kappa shape index (κ3) is 5.32. The van der Waals surface area contributed by atoms with Gasteiger partial charge in [0.05, 0.1) is 12.0 Å². The van der Waals surface area contributed by atoms with Crippen molar-refractivity contribution >= 4 is 23.5 Å². The maximum atomic E-state index is 12.7.